The Balaban J connectivity index is 1.37. The molecule has 0 aliphatic rings. The summed E-state index contributed by atoms with van der Waals surface area (Å²) in [7, 11) is 0. The third kappa shape index (κ3) is 6.30. The lowest BCUT2D eigenvalue weighted by Gasteiger charge is -2.11. The summed E-state index contributed by atoms with van der Waals surface area (Å²) in [6.07, 6.45) is 0. The van der Waals surface area contributed by atoms with Crippen LogP contribution in [0.25, 0.3) is 33.5 Å². The number of benzene rings is 5. The first-order chi connectivity index (χ1) is 20.9. The minimum absolute atomic E-state index is 0.121. The molecule has 6 rings (SSSR count). The summed E-state index contributed by atoms with van der Waals surface area (Å²) in [6, 6.07) is 31.7. The highest BCUT2D eigenvalue weighted by atomic mass is 19.1. The van der Waals surface area contributed by atoms with Crippen LogP contribution in [0, 0.1) is 35.3 Å². The Morgan fingerprint density at radius 1 is 0.512 bits per heavy atom. The number of aromatic nitrogens is 2. The molecule has 0 fully saturated rings. The minimum atomic E-state index is -1.05. The monoisotopic (exact) mass is 562 g/mol. The molecule has 0 radical (unpaired) electrons. The van der Waals surface area contributed by atoms with E-state index in [4.69, 9.17) is 9.97 Å². The molecule has 1 aromatic heterocycles. The predicted molar refractivity (Wildman–Crippen MR) is 162 cm³/mol. The van der Waals surface area contributed by atoms with Crippen LogP contribution in [-0.4, -0.2) is 21.0 Å². The van der Waals surface area contributed by atoms with Crippen molar-refractivity contribution in [2.45, 2.75) is 0 Å². The number of fused-ring (bicyclic) bond motifs is 1. The highest BCUT2D eigenvalue weighted by Crippen LogP contribution is 2.31. The van der Waals surface area contributed by atoms with Gasteiger partial charge in [-0.15, -0.1) is 0 Å². The second-order valence-electron chi connectivity index (χ2n) is 9.60. The molecule has 5 aromatic carbocycles. The van der Waals surface area contributed by atoms with E-state index in [9.17, 15) is 18.7 Å². The van der Waals surface area contributed by atoms with Gasteiger partial charge >= 0.3 is 5.97 Å². The largest absolute Gasteiger partial charge is 0.478 e. The Morgan fingerprint density at radius 2 is 0.884 bits per heavy atom. The van der Waals surface area contributed by atoms with Gasteiger partial charge in [0.25, 0.3) is 0 Å². The van der Waals surface area contributed by atoms with Gasteiger partial charge in [0.1, 0.15) is 11.6 Å². The number of nitrogens with zero attached hydrogens (tertiary/aromatic N) is 2. The maximum absolute atomic E-state index is 13.2. The van der Waals surface area contributed by atoms with Crippen molar-refractivity contribution in [3.8, 4) is 46.2 Å². The van der Waals surface area contributed by atoms with E-state index in [-0.39, 0.29) is 17.2 Å². The van der Waals surface area contributed by atoms with Crippen molar-refractivity contribution in [2.24, 2.45) is 0 Å². The Morgan fingerprint density at radius 3 is 1.28 bits per heavy atom. The van der Waals surface area contributed by atoms with E-state index in [2.05, 4.69) is 23.7 Å². The number of hydrogen-bond donors (Lipinski definition) is 1. The number of rotatable bonds is 3. The smallest absolute Gasteiger partial charge is 0.335 e. The molecule has 1 heterocycles. The third-order valence-corrected chi connectivity index (χ3v) is 6.62. The molecule has 6 heteroatoms. The maximum Gasteiger partial charge on any atom is 0.335 e. The Hall–Kier alpha value is -6.11. The molecule has 0 saturated carbocycles. The number of carboxylic acid groups (broad SMARTS) is 1. The van der Waals surface area contributed by atoms with E-state index < -0.39 is 5.97 Å². The van der Waals surface area contributed by atoms with Crippen molar-refractivity contribution in [3.63, 3.8) is 0 Å². The summed E-state index contributed by atoms with van der Waals surface area (Å²) in [6.45, 7) is 0. The van der Waals surface area contributed by atoms with Gasteiger partial charge in [-0.05, 0) is 91.0 Å². The normalized spacial score (nSPS) is 10.4. The Labute approximate surface area is 246 Å². The van der Waals surface area contributed by atoms with Crippen molar-refractivity contribution < 1.29 is 18.7 Å². The van der Waals surface area contributed by atoms with Gasteiger partial charge in [0.05, 0.1) is 28.0 Å². The maximum atomic E-state index is 13.2. The zero-order valence-electron chi connectivity index (χ0n) is 22.5. The molecule has 0 saturated heterocycles. The number of hydrogen-bond acceptors (Lipinski definition) is 3. The molecule has 0 aliphatic heterocycles. The number of carboxylic acids is 1. The summed E-state index contributed by atoms with van der Waals surface area (Å²) in [5.74, 6) is 10.6. The van der Waals surface area contributed by atoms with Crippen LogP contribution in [0.1, 0.15) is 32.6 Å². The lowest BCUT2D eigenvalue weighted by Crippen LogP contribution is -1.99. The fourth-order valence-corrected chi connectivity index (χ4v) is 4.37. The highest BCUT2D eigenvalue weighted by Gasteiger charge is 2.15. The van der Waals surface area contributed by atoms with Crippen molar-refractivity contribution >= 4 is 17.0 Å². The summed E-state index contributed by atoms with van der Waals surface area (Å²) in [5, 5.41) is 9.49. The van der Waals surface area contributed by atoms with Crippen molar-refractivity contribution in [2.75, 3.05) is 0 Å². The summed E-state index contributed by atoms with van der Waals surface area (Å²) >= 11 is 0. The molecular formula is C37H20F2N2O2. The molecule has 4 nitrogen and oxygen atoms in total. The van der Waals surface area contributed by atoms with Crippen molar-refractivity contribution in [1.29, 1.82) is 0 Å². The molecule has 43 heavy (non-hydrogen) atoms. The summed E-state index contributed by atoms with van der Waals surface area (Å²) in [4.78, 5) is 21.3. The van der Waals surface area contributed by atoms with Crippen molar-refractivity contribution in [3.05, 3.63) is 155 Å². The molecule has 0 atom stereocenters. The van der Waals surface area contributed by atoms with E-state index in [0.717, 1.165) is 22.3 Å². The minimum Gasteiger partial charge on any atom is -0.478 e. The van der Waals surface area contributed by atoms with Crippen LogP contribution in [0.3, 0.4) is 0 Å². The van der Waals surface area contributed by atoms with Gasteiger partial charge in [0.2, 0.25) is 0 Å². The number of carbonyl (C=O) groups is 1. The lowest BCUT2D eigenvalue weighted by molar-refractivity contribution is 0.0697. The fourth-order valence-electron chi connectivity index (χ4n) is 4.37. The molecule has 0 unspecified atom stereocenters. The molecule has 0 spiro atoms. The van der Waals surface area contributed by atoms with Crippen LogP contribution >= 0.6 is 0 Å². The molecule has 1 N–H and O–H groups in total. The highest BCUT2D eigenvalue weighted by molar-refractivity contribution is 5.94. The summed E-state index contributed by atoms with van der Waals surface area (Å²) in [5.41, 5.74) is 6.88. The third-order valence-electron chi connectivity index (χ3n) is 6.62. The zero-order chi connectivity index (χ0) is 29.8. The van der Waals surface area contributed by atoms with Crippen LogP contribution in [0.15, 0.2) is 115 Å². The molecule has 6 aromatic rings. The van der Waals surface area contributed by atoms with E-state index in [1.807, 2.05) is 48.5 Å². The second kappa shape index (κ2) is 11.8. The van der Waals surface area contributed by atoms with Crippen LogP contribution < -0.4 is 0 Å². The predicted octanol–water partition coefficient (Wildman–Crippen LogP) is 7.74. The molecule has 0 amide bonds. The van der Waals surface area contributed by atoms with Gasteiger partial charge in [-0.2, -0.15) is 0 Å². The standard InChI is InChI=1S/C37H20F2N2O2/c38-31-18-9-26(10-19-31)3-1-24-5-13-28(14-6-24)35-36(41-34-23-30(37(42)43)17-22-33(34)40-35)29-15-7-25(8-16-29)2-4-27-11-20-32(39)21-12-27/h5-23H,(H,42,43). The average molecular weight is 563 g/mol. The molecule has 204 valence electrons. The first-order valence-electron chi connectivity index (χ1n) is 13.2. The topological polar surface area (TPSA) is 63.1 Å². The van der Waals surface area contributed by atoms with Gasteiger partial charge < -0.3 is 5.11 Å². The quantitative estimate of drug-likeness (QED) is 0.224. The van der Waals surface area contributed by atoms with Gasteiger partial charge in [-0.3, -0.25) is 0 Å². The van der Waals surface area contributed by atoms with Crippen LogP contribution in [0.5, 0.6) is 0 Å². The van der Waals surface area contributed by atoms with Crippen LogP contribution in [0.4, 0.5) is 8.78 Å². The fraction of sp³-hybridized carbons (Fsp3) is 0. The SMILES string of the molecule is O=C(O)c1ccc2nc(-c3ccc(C#Cc4ccc(F)cc4)cc3)c(-c3ccc(C#Cc4ccc(F)cc4)cc3)nc2c1. The molecule has 0 bridgehead atoms. The summed E-state index contributed by atoms with van der Waals surface area (Å²) < 4.78 is 26.4. The van der Waals surface area contributed by atoms with Crippen LogP contribution in [-0.2, 0) is 0 Å². The van der Waals surface area contributed by atoms with Gasteiger partial charge in [0, 0.05) is 33.4 Å². The first-order valence-corrected chi connectivity index (χ1v) is 13.2. The zero-order valence-corrected chi connectivity index (χ0v) is 22.5. The van der Waals surface area contributed by atoms with E-state index >= 15 is 0 Å². The van der Waals surface area contributed by atoms with Gasteiger partial charge in [-0.25, -0.2) is 23.5 Å². The van der Waals surface area contributed by atoms with Gasteiger partial charge in [0.15, 0.2) is 0 Å². The number of aromatic carboxylic acids is 1. The second-order valence-corrected chi connectivity index (χ2v) is 9.60. The van der Waals surface area contributed by atoms with E-state index in [0.29, 0.717) is 33.5 Å². The van der Waals surface area contributed by atoms with E-state index in [1.165, 1.54) is 36.4 Å². The lowest BCUT2D eigenvalue weighted by atomic mass is 10.0. The molecule has 0 aliphatic carbocycles. The number of halogens is 2. The first kappa shape index (κ1) is 27.1. The van der Waals surface area contributed by atoms with Crippen molar-refractivity contribution in [1.82, 2.24) is 9.97 Å². The Kier molecular flexibility index (Phi) is 7.42. The van der Waals surface area contributed by atoms with E-state index in [1.54, 1.807) is 30.3 Å². The van der Waals surface area contributed by atoms with Gasteiger partial charge in [-0.1, -0.05) is 47.9 Å². The average Bonchev–Trinajstić information content (AvgIpc) is 3.04. The Bertz CT molecular complexity index is 2100. The molecular weight excluding hydrogens is 542 g/mol. The van der Waals surface area contributed by atoms with Crippen LogP contribution in [0.2, 0.25) is 0 Å².